The van der Waals surface area contributed by atoms with E-state index in [-0.39, 0.29) is 17.2 Å². The van der Waals surface area contributed by atoms with Gasteiger partial charge < -0.3 is 30.4 Å². The topological polar surface area (TPSA) is 128 Å². The standard InChI is InChI=1S/C25H26FN7O3/c1-25(35)9-12-33(13-10-25)20-7-6-17(23(31-20)36-2)29-24-27-11-8-19(30-24)28-18-14-15-4-3-5-16(26)21(15)32-22(18)34/h3-8,11,14,35H,9-10,12-13H2,1-2H3,(H,32,34)(H2,27,28,29,30). The number of aliphatic hydroxyl groups is 1. The Labute approximate surface area is 206 Å². The van der Waals surface area contributed by atoms with Crippen molar-refractivity contribution in [2.75, 3.05) is 35.7 Å². The number of rotatable bonds is 6. The zero-order valence-corrected chi connectivity index (χ0v) is 19.9. The summed E-state index contributed by atoms with van der Waals surface area (Å²) in [5.41, 5.74) is -0.174. The van der Waals surface area contributed by atoms with Crippen LogP contribution in [0.1, 0.15) is 19.8 Å². The highest BCUT2D eigenvalue weighted by Gasteiger charge is 2.28. The molecule has 0 saturated carbocycles. The Morgan fingerprint density at radius 2 is 1.92 bits per heavy atom. The van der Waals surface area contributed by atoms with Gasteiger partial charge in [0, 0.05) is 24.7 Å². The number of H-pyrrole nitrogens is 1. The summed E-state index contributed by atoms with van der Waals surface area (Å²) in [6, 6.07) is 11.5. The van der Waals surface area contributed by atoms with E-state index in [9.17, 15) is 14.3 Å². The first kappa shape index (κ1) is 23.5. The number of methoxy groups -OCH3 is 1. The average Bonchev–Trinajstić information content (AvgIpc) is 2.86. The molecule has 5 rings (SSSR count). The zero-order valence-electron chi connectivity index (χ0n) is 19.9. The predicted molar refractivity (Wildman–Crippen MR) is 136 cm³/mol. The first-order valence-corrected chi connectivity index (χ1v) is 11.5. The van der Waals surface area contributed by atoms with E-state index in [2.05, 4.69) is 35.5 Å². The predicted octanol–water partition coefficient (Wildman–Crippen LogP) is 3.70. The summed E-state index contributed by atoms with van der Waals surface area (Å²) in [6.45, 7) is 3.25. The van der Waals surface area contributed by atoms with Crippen LogP contribution < -0.4 is 25.8 Å². The molecule has 1 aliphatic heterocycles. The van der Waals surface area contributed by atoms with Crippen molar-refractivity contribution in [3.8, 4) is 5.88 Å². The van der Waals surface area contributed by atoms with E-state index in [1.54, 1.807) is 30.5 Å². The number of hydrogen-bond donors (Lipinski definition) is 4. The van der Waals surface area contributed by atoms with Crippen molar-refractivity contribution in [2.24, 2.45) is 0 Å². The van der Waals surface area contributed by atoms with E-state index >= 15 is 0 Å². The summed E-state index contributed by atoms with van der Waals surface area (Å²) in [6.07, 6.45) is 2.87. The van der Waals surface area contributed by atoms with Crippen LogP contribution in [0.2, 0.25) is 0 Å². The molecule has 1 fully saturated rings. The molecule has 186 valence electrons. The fourth-order valence-corrected chi connectivity index (χ4v) is 4.11. The van der Waals surface area contributed by atoms with Crippen LogP contribution in [-0.4, -0.2) is 50.8 Å². The van der Waals surface area contributed by atoms with Crippen LogP contribution in [-0.2, 0) is 0 Å². The number of para-hydroxylation sites is 1. The normalized spacial score (nSPS) is 15.1. The molecule has 4 heterocycles. The van der Waals surface area contributed by atoms with Crippen LogP contribution in [0.4, 0.5) is 33.3 Å². The van der Waals surface area contributed by atoms with Gasteiger partial charge in [-0.2, -0.15) is 9.97 Å². The van der Waals surface area contributed by atoms with E-state index in [1.165, 1.54) is 13.2 Å². The third kappa shape index (κ3) is 4.91. The summed E-state index contributed by atoms with van der Waals surface area (Å²) in [5, 5.41) is 16.8. The van der Waals surface area contributed by atoms with Gasteiger partial charge in [-0.3, -0.25) is 4.79 Å². The van der Waals surface area contributed by atoms with Crippen LogP contribution in [0.25, 0.3) is 10.9 Å². The molecule has 3 aromatic heterocycles. The summed E-state index contributed by atoms with van der Waals surface area (Å²) in [5.74, 6) is 1.28. The van der Waals surface area contributed by atoms with Crippen LogP contribution in [0.5, 0.6) is 5.88 Å². The molecule has 0 amide bonds. The summed E-state index contributed by atoms with van der Waals surface area (Å²) in [4.78, 5) is 30.4. The Bertz CT molecular complexity index is 1460. The van der Waals surface area contributed by atoms with E-state index in [0.717, 1.165) is 5.82 Å². The van der Waals surface area contributed by atoms with Crippen LogP contribution in [0.3, 0.4) is 0 Å². The summed E-state index contributed by atoms with van der Waals surface area (Å²) in [7, 11) is 1.53. The van der Waals surface area contributed by atoms with Crippen molar-refractivity contribution in [3.05, 3.63) is 64.8 Å². The van der Waals surface area contributed by atoms with Gasteiger partial charge in [-0.1, -0.05) is 12.1 Å². The smallest absolute Gasteiger partial charge is 0.272 e. The highest BCUT2D eigenvalue weighted by Crippen LogP contribution is 2.31. The monoisotopic (exact) mass is 491 g/mol. The number of halogens is 1. The maximum Gasteiger partial charge on any atom is 0.272 e. The number of ether oxygens (including phenoxy) is 1. The number of fused-ring (bicyclic) bond motifs is 1. The second-order valence-corrected chi connectivity index (χ2v) is 8.94. The van der Waals surface area contributed by atoms with Crippen molar-refractivity contribution < 1.29 is 14.2 Å². The van der Waals surface area contributed by atoms with Gasteiger partial charge in [-0.15, -0.1) is 0 Å². The molecule has 4 N–H and O–H groups in total. The first-order valence-electron chi connectivity index (χ1n) is 11.5. The van der Waals surface area contributed by atoms with E-state index in [1.807, 2.05) is 19.1 Å². The maximum absolute atomic E-state index is 14.0. The fourth-order valence-electron chi connectivity index (χ4n) is 4.11. The molecule has 1 aliphatic rings. The largest absolute Gasteiger partial charge is 0.479 e. The van der Waals surface area contributed by atoms with Crippen molar-refractivity contribution in [1.29, 1.82) is 0 Å². The molecule has 4 aromatic rings. The van der Waals surface area contributed by atoms with E-state index < -0.39 is 17.0 Å². The number of nitrogens with one attached hydrogen (secondary N) is 3. The molecular formula is C25H26FN7O3. The molecule has 0 bridgehead atoms. The summed E-state index contributed by atoms with van der Waals surface area (Å²) < 4.78 is 19.4. The van der Waals surface area contributed by atoms with Gasteiger partial charge in [-0.05, 0) is 50.1 Å². The molecule has 0 radical (unpaired) electrons. The molecule has 36 heavy (non-hydrogen) atoms. The minimum atomic E-state index is -0.646. The third-order valence-corrected chi connectivity index (χ3v) is 6.20. The molecule has 0 atom stereocenters. The minimum Gasteiger partial charge on any atom is -0.479 e. The highest BCUT2D eigenvalue weighted by atomic mass is 19.1. The van der Waals surface area contributed by atoms with Gasteiger partial charge >= 0.3 is 0 Å². The zero-order chi connectivity index (χ0) is 25.3. The third-order valence-electron chi connectivity index (χ3n) is 6.20. The van der Waals surface area contributed by atoms with Crippen molar-refractivity contribution in [2.45, 2.75) is 25.4 Å². The Hall–Kier alpha value is -4.25. The SMILES string of the molecule is COc1nc(N2CCC(C)(O)CC2)ccc1Nc1nccc(Nc2cc3cccc(F)c3[nH]c2=O)n1. The molecule has 1 saturated heterocycles. The molecule has 0 aliphatic carbocycles. The van der Waals surface area contributed by atoms with Gasteiger partial charge in [0.25, 0.3) is 5.56 Å². The van der Waals surface area contributed by atoms with Gasteiger partial charge in [0.2, 0.25) is 11.8 Å². The van der Waals surface area contributed by atoms with Gasteiger partial charge in [0.15, 0.2) is 0 Å². The number of aromatic nitrogens is 4. The average molecular weight is 492 g/mol. The second-order valence-electron chi connectivity index (χ2n) is 8.94. The molecule has 11 heteroatoms. The molecule has 0 unspecified atom stereocenters. The Balaban J connectivity index is 1.34. The van der Waals surface area contributed by atoms with Crippen LogP contribution in [0, 0.1) is 5.82 Å². The van der Waals surface area contributed by atoms with Crippen LogP contribution in [0.15, 0.2) is 53.5 Å². The fraction of sp³-hybridized carbons (Fsp3) is 0.280. The number of benzene rings is 1. The van der Waals surface area contributed by atoms with Gasteiger partial charge in [-0.25, -0.2) is 9.37 Å². The Morgan fingerprint density at radius 1 is 1.11 bits per heavy atom. The first-order chi connectivity index (χ1) is 17.3. The molecule has 10 nitrogen and oxygen atoms in total. The quantitative estimate of drug-likeness (QED) is 0.319. The van der Waals surface area contributed by atoms with Gasteiger partial charge in [0.1, 0.15) is 28.8 Å². The number of nitrogens with zero attached hydrogens (tertiary/aromatic N) is 4. The molecular weight excluding hydrogens is 465 g/mol. The van der Waals surface area contributed by atoms with E-state index in [0.29, 0.717) is 48.7 Å². The van der Waals surface area contributed by atoms with E-state index in [4.69, 9.17) is 4.74 Å². The number of aromatic amines is 1. The lowest BCUT2D eigenvalue weighted by molar-refractivity contribution is 0.0350. The highest BCUT2D eigenvalue weighted by molar-refractivity contribution is 5.82. The number of hydrogen-bond acceptors (Lipinski definition) is 9. The summed E-state index contributed by atoms with van der Waals surface area (Å²) >= 11 is 0. The maximum atomic E-state index is 14.0. The van der Waals surface area contributed by atoms with Gasteiger partial charge in [0.05, 0.1) is 18.2 Å². The lowest BCUT2D eigenvalue weighted by atomic mass is 9.94. The Morgan fingerprint density at radius 3 is 2.69 bits per heavy atom. The lowest BCUT2D eigenvalue weighted by Gasteiger charge is -2.36. The van der Waals surface area contributed by atoms with Crippen molar-refractivity contribution in [3.63, 3.8) is 0 Å². The molecule has 0 spiro atoms. The van der Waals surface area contributed by atoms with Crippen molar-refractivity contribution in [1.82, 2.24) is 19.9 Å². The Kier molecular flexibility index (Phi) is 6.15. The number of pyridine rings is 2. The lowest BCUT2D eigenvalue weighted by Crippen LogP contribution is -2.42. The second kappa shape index (κ2) is 9.42. The van der Waals surface area contributed by atoms with Crippen molar-refractivity contribution >= 4 is 39.9 Å². The van der Waals surface area contributed by atoms with Crippen LogP contribution >= 0.6 is 0 Å². The molecule has 1 aromatic carbocycles. The number of anilines is 5. The number of piperidine rings is 1. The minimum absolute atomic E-state index is 0.149.